The van der Waals surface area contributed by atoms with Gasteiger partial charge >= 0.3 is 0 Å². The normalized spacial score (nSPS) is 23.5. The fraction of sp³-hybridized carbons (Fsp3) is 0.440. The minimum absolute atomic E-state index is 0.140. The van der Waals surface area contributed by atoms with Gasteiger partial charge in [-0.2, -0.15) is 0 Å². The van der Waals surface area contributed by atoms with Crippen molar-refractivity contribution in [2.75, 3.05) is 0 Å². The van der Waals surface area contributed by atoms with Crippen LogP contribution in [-0.2, 0) is 6.42 Å². The molecular formula is C25H25ClF4. The van der Waals surface area contributed by atoms with Crippen LogP contribution in [0.3, 0.4) is 0 Å². The molecule has 2 aliphatic rings. The zero-order valence-electron chi connectivity index (χ0n) is 17.0. The third-order valence-corrected chi connectivity index (χ3v) is 7.04. The lowest BCUT2D eigenvalue weighted by Gasteiger charge is -2.40. The summed E-state index contributed by atoms with van der Waals surface area (Å²) in [5.41, 5.74) is 0.677. The van der Waals surface area contributed by atoms with Gasteiger partial charge in [0.25, 0.3) is 0 Å². The summed E-state index contributed by atoms with van der Waals surface area (Å²) in [6.45, 7) is 2.16. The molecule has 0 bridgehead atoms. The van der Waals surface area contributed by atoms with Crippen LogP contribution in [0.5, 0.6) is 0 Å². The lowest BCUT2D eigenvalue weighted by Crippen LogP contribution is -2.28. The van der Waals surface area contributed by atoms with E-state index in [1.807, 2.05) is 0 Å². The van der Waals surface area contributed by atoms with Crippen molar-refractivity contribution in [2.24, 2.45) is 11.8 Å². The van der Waals surface area contributed by atoms with Crippen LogP contribution in [0.4, 0.5) is 17.6 Å². The topological polar surface area (TPSA) is 0 Å². The zero-order valence-corrected chi connectivity index (χ0v) is 17.7. The second kappa shape index (κ2) is 8.74. The van der Waals surface area contributed by atoms with Crippen LogP contribution in [0.25, 0.3) is 11.1 Å². The molecule has 2 aliphatic carbocycles. The van der Waals surface area contributed by atoms with Crippen molar-refractivity contribution in [3.63, 3.8) is 0 Å². The second-order valence-corrected chi connectivity index (χ2v) is 8.94. The Bertz CT molecular complexity index is 959. The van der Waals surface area contributed by atoms with E-state index in [1.54, 1.807) is 0 Å². The van der Waals surface area contributed by atoms with Crippen LogP contribution in [-0.4, -0.2) is 0 Å². The molecule has 0 saturated heterocycles. The molecule has 0 aliphatic heterocycles. The maximum Gasteiger partial charge on any atom is 0.145 e. The molecule has 2 aromatic carbocycles. The largest absolute Gasteiger partial charge is 0.206 e. The molecule has 1 saturated carbocycles. The minimum Gasteiger partial charge on any atom is -0.206 e. The van der Waals surface area contributed by atoms with E-state index in [-0.39, 0.29) is 17.0 Å². The molecule has 0 nitrogen and oxygen atoms in total. The number of fused-ring (bicyclic) bond motifs is 3. The van der Waals surface area contributed by atoms with Gasteiger partial charge in [-0.25, -0.2) is 17.6 Å². The van der Waals surface area contributed by atoms with E-state index in [0.29, 0.717) is 23.8 Å². The predicted molar refractivity (Wildman–Crippen MR) is 113 cm³/mol. The summed E-state index contributed by atoms with van der Waals surface area (Å²) in [5, 5.41) is -0.676. The van der Waals surface area contributed by atoms with Crippen LogP contribution < -0.4 is 0 Å². The Morgan fingerprint density at radius 2 is 1.73 bits per heavy atom. The van der Waals surface area contributed by atoms with Gasteiger partial charge < -0.3 is 0 Å². The van der Waals surface area contributed by atoms with Crippen LogP contribution in [0.2, 0.25) is 5.02 Å². The second-order valence-electron chi connectivity index (χ2n) is 8.56. The number of unbranched alkanes of at least 4 members (excludes halogenated alkanes) is 1. The average molecular weight is 437 g/mol. The summed E-state index contributed by atoms with van der Waals surface area (Å²) in [5.74, 6) is -2.45. The predicted octanol–water partition coefficient (Wildman–Crippen LogP) is 8.37. The summed E-state index contributed by atoms with van der Waals surface area (Å²) in [6.07, 6.45) is 11.1. The average Bonchev–Trinajstić information content (AvgIpc) is 2.72. The van der Waals surface area contributed by atoms with Gasteiger partial charge in [0.15, 0.2) is 0 Å². The van der Waals surface area contributed by atoms with Crippen molar-refractivity contribution in [1.82, 2.24) is 0 Å². The van der Waals surface area contributed by atoms with Crippen molar-refractivity contribution in [3.8, 4) is 11.1 Å². The van der Waals surface area contributed by atoms with Gasteiger partial charge in [-0.1, -0.05) is 37.1 Å². The first kappa shape index (κ1) is 21.4. The quantitative estimate of drug-likeness (QED) is 0.256. The highest BCUT2D eigenvalue weighted by Crippen LogP contribution is 2.49. The molecule has 0 aromatic heterocycles. The Morgan fingerprint density at radius 1 is 1.00 bits per heavy atom. The lowest BCUT2D eigenvalue weighted by molar-refractivity contribution is 0.234. The molecule has 5 heteroatoms. The van der Waals surface area contributed by atoms with E-state index in [1.165, 1.54) is 6.07 Å². The van der Waals surface area contributed by atoms with Crippen molar-refractivity contribution < 1.29 is 17.6 Å². The van der Waals surface area contributed by atoms with Crippen molar-refractivity contribution >= 4 is 11.6 Å². The molecule has 0 N–H and O–H groups in total. The van der Waals surface area contributed by atoms with Crippen molar-refractivity contribution in [1.29, 1.82) is 0 Å². The van der Waals surface area contributed by atoms with E-state index in [9.17, 15) is 13.2 Å². The Morgan fingerprint density at radius 3 is 2.43 bits per heavy atom. The van der Waals surface area contributed by atoms with Gasteiger partial charge in [0.05, 0.1) is 5.56 Å². The van der Waals surface area contributed by atoms with Gasteiger partial charge in [0, 0.05) is 0 Å². The summed E-state index contributed by atoms with van der Waals surface area (Å²) >= 11 is 5.52. The highest BCUT2D eigenvalue weighted by atomic mass is 35.5. The van der Waals surface area contributed by atoms with E-state index in [2.05, 4.69) is 19.1 Å². The SMILES string of the molecule is CCC/C=C/C1CCC2c3cc(F)c(-c4cc(F)c(Cl)c(F)c4)c(F)c3CCC2C1. The Balaban J connectivity index is 1.66. The highest BCUT2D eigenvalue weighted by molar-refractivity contribution is 6.31. The number of benzene rings is 2. The number of halogens is 5. The van der Waals surface area contributed by atoms with Gasteiger partial charge in [0.1, 0.15) is 28.3 Å². The number of allylic oxidation sites excluding steroid dienone is 2. The molecule has 3 atom stereocenters. The van der Waals surface area contributed by atoms with Crippen LogP contribution in [0.15, 0.2) is 30.4 Å². The standard InChI is InChI=1S/C25H25ClF4/c1-2-3-4-5-14-6-8-17-15(10-14)7-9-18-19(17)13-20(27)23(25(18)30)16-11-21(28)24(26)22(29)12-16/h4-5,11-15,17H,2-3,6-10H2,1H3/b5-4+. The highest BCUT2D eigenvalue weighted by Gasteiger charge is 2.37. The molecular weight excluding hydrogens is 412 g/mol. The van der Waals surface area contributed by atoms with E-state index >= 15 is 4.39 Å². The van der Waals surface area contributed by atoms with Crippen molar-refractivity contribution in [2.45, 2.75) is 57.8 Å². The van der Waals surface area contributed by atoms with E-state index in [4.69, 9.17) is 11.6 Å². The number of hydrogen-bond acceptors (Lipinski definition) is 0. The van der Waals surface area contributed by atoms with Crippen LogP contribution in [0, 0.1) is 35.1 Å². The Kier molecular flexibility index (Phi) is 6.24. The summed E-state index contributed by atoms with van der Waals surface area (Å²) in [7, 11) is 0. The molecule has 0 amide bonds. The van der Waals surface area contributed by atoms with Gasteiger partial charge in [-0.3, -0.25) is 0 Å². The summed E-state index contributed by atoms with van der Waals surface area (Å²) in [4.78, 5) is 0. The zero-order chi connectivity index (χ0) is 21.4. The third-order valence-electron chi connectivity index (χ3n) is 6.68. The third kappa shape index (κ3) is 3.91. The molecule has 160 valence electrons. The van der Waals surface area contributed by atoms with Gasteiger partial charge in [-0.05, 0) is 91.2 Å². The van der Waals surface area contributed by atoms with Gasteiger partial charge in [-0.15, -0.1) is 0 Å². The molecule has 30 heavy (non-hydrogen) atoms. The molecule has 3 unspecified atom stereocenters. The molecule has 0 spiro atoms. The molecule has 0 radical (unpaired) electrons. The van der Waals surface area contributed by atoms with E-state index in [0.717, 1.165) is 56.2 Å². The van der Waals surface area contributed by atoms with Crippen LogP contribution >= 0.6 is 11.6 Å². The first-order valence-corrected chi connectivity index (χ1v) is 11.1. The molecule has 4 rings (SSSR count). The summed E-state index contributed by atoms with van der Waals surface area (Å²) in [6, 6.07) is 3.17. The fourth-order valence-electron chi connectivity index (χ4n) is 5.22. The molecule has 2 aromatic rings. The maximum absolute atomic E-state index is 15.4. The van der Waals surface area contributed by atoms with Gasteiger partial charge in [0.2, 0.25) is 0 Å². The number of hydrogen-bond donors (Lipinski definition) is 0. The van der Waals surface area contributed by atoms with Crippen molar-refractivity contribution in [3.05, 3.63) is 69.8 Å². The number of rotatable bonds is 4. The molecule has 0 heterocycles. The molecule has 1 fully saturated rings. The fourth-order valence-corrected chi connectivity index (χ4v) is 5.33. The van der Waals surface area contributed by atoms with Crippen LogP contribution in [0.1, 0.15) is 62.5 Å². The van der Waals surface area contributed by atoms with E-state index < -0.39 is 28.3 Å². The maximum atomic E-state index is 15.4. The first-order chi connectivity index (χ1) is 14.4. The monoisotopic (exact) mass is 436 g/mol. The lowest BCUT2D eigenvalue weighted by atomic mass is 9.65. The first-order valence-electron chi connectivity index (χ1n) is 10.7. The minimum atomic E-state index is -1.03. The Labute approximate surface area is 179 Å². The smallest absolute Gasteiger partial charge is 0.145 e. The Hall–Kier alpha value is -1.81. The summed E-state index contributed by atoms with van der Waals surface area (Å²) < 4.78 is 58.1.